The summed E-state index contributed by atoms with van der Waals surface area (Å²) in [5, 5.41) is 3.79. The van der Waals surface area contributed by atoms with Crippen LogP contribution in [0.25, 0.3) is 0 Å². The van der Waals surface area contributed by atoms with Crippen LogP contribution >= 0.6 is 11.3 Å². The van der Waals surface area contributed by atoms with Crippen molar-refractivity contribution in [2.45, 2.75) is 19.8 Å². The van der Waals surface area contributed by atoms with Gasteiger partial charge in [-0.05, 0) is 29.3 Å². The first-order chi connectivity index (χ1) is 10.2. The first-order valence-corrected chi connectivity index (χ1v) is 7.20. The number of hydrogen-bond acceptors (Lipinski definition) is 5. The Morgan fingerprint density at radius 1 is 1.48 bits per heavy atom. The Labute approximate surface area is 126 Å². The fraction of sp³-hybridized carbons (Fsp3) is 0.267. The molecule has 4 nitrogen and oxygen atoms in total. The highest BCUT2D eigenvalue weighted by atomic mass is 32.1. The molecule has 2 rings (SSSR count). The Bertz CT molecular complexity index is 675. The van der Waals surface area contributed by atoms with Crippen molar-refractivity contribution in [2.75, 3.05) is 6.61 Å². The number of ether oxygens (including phenoxy) is 1. The summed E-state index contributed by atoms with van der Waals surface area (Å²) in [6, 6.07) is 1.90. The minimum absolute atomic E-state index is 0.0254. The second-order valence-corrected chi connectivity index (χ2v) is 4.97. The molecule has 0 atom stereocenters. The van der Waals surface area contributed by atoms with Gasteiger partial charge < -0.3 is 4.74 Å². The smallest absolute Gasteiger partial charge is 0.317 e. The molecule has 0 amide bonds. The first-order valence-electron chi connectivity index (χ1n) is 6.25. The highest BCUT2D eigenvalue weighted by molar-refractivity contribution is 7.07. The maximum absolute atomic E-state index is 13.6. The predicted molar refractivity (Wildman–Crippen MR) is 77.7 cm³/mol. The monoisotopic (exact) mass is 304 g/mol. The van der Waals surface area contributed by atoms with Gasteiger partial charge in [-0.3, -0.25) is 4.79 Å². The molecule has 0 N–H and O–H groups in total. The van der Waals surface area contributed by atoms with E-state index in [1.165, 1.54) is 11.3 Å². The Hall–Kier alpha value is -2.26. The topological polar surface area (TPSA) is 52.1 Å². The van der Waals surface area contributed by atoms with E-state index in [1.807, 2.05) is 16.8 Å². The van der Waals surface area contributed by atoms with E-state index in [0.29, 0.717) is 0 Å². The molecule has 0 spiro atoms. The van der Waals surface area contributed by atoms with Crippen LogP contribution in [0.2, 0.25) is 0 Å². The molecule has 0 aromatic carbocycles. The molecule has 0 radical (unpaired) electrons. The molecule has 0 fully saturated rings. The molecule has 0 saturated heterocycles. The van der Waals surface area contributed by atoms with Crippen LogP contribution < -0.4 is 4.74 Å². The number of halogens is 1. The fourth-order valence-electron chi connectivity index (χ4n) is 1.62. The lowest BCUT2D eigenvalue weighted by Gasteiger charge is -2.04. The van der Waals surface area contributed by atoms with E-state index in [1.54, 1.807) is 6.92 Å². The number of nitrogens with zero attached hydrogens (tertiary/aromatic N) is 2. The lowest BCUT2D eigenvalue weighted by atomic mass is 10.1. The molecular formula is C15H13FN2O2S. The predicted octanol–water partition coefficient (Wildman–Crippen LogP) is 2.43. The molecule has 0 unspecified atom stereocenters. The summed E-state index contributed by atoms with van der Waals surface area (Å²) in [4.78, 5) is 19.5. The molecule has 108 valence electrons. The minimum atomic E-state index is -0.609. The van der Waals surface area contributed by atoms with Gasteiger partial charge in [-0.25, -0.2) is 9.37 Å². The molecule has 0 aliphatic carbocycles. The number of carbonyl (C=O) groups excluding carboxylic acids is 1. The molecule has 2 aromatic heterocycles. The zero-order chi connectivity index (χ0) is 15.1. The minimum Gasteiger partial charge on any atom is -0.450 e. The maximum atomic E-state index is 13.6. The van der Waals surface area contributed by atoms with Crippen molar-refractivity contribution in [3.05, 3.63) is 40.1 Å². The third kappa shape index (κ3) is 4.65. The SMILES string of the molecule is CC#CCOc1ncc(F)c(CC(=O)Cc2ccsc2)n1. The average molecular weight is 304 g/mol. The number of rotatable bonds is 6. The molecule has 2 aromatic rings. The summed E-state index contributed by atoms with van der Waals surface area (Å²) >= 11 is 1.52. The Kier molecular flexibility index (Phi) is 5.41. The number of aromatic nitrogens is 2. The van der Waals surface area contributed by atoms with E-state index in [2.05, 4.69) is 21.8 Å². The van der Waals surface area contributed by atoms with Gasteiger partial charge in [-0.15, -0.1) is 5.92 Å². The Balaban J connectivity index is 2.02. The van der Waals surface area contributed by atoms with Crippen molar-refractivity contribution >= 4 is 17.1 Å². The number of Topliss-reactive ketones (excluding diaryl/α,β-unsaturated/α-hetero) is 1. The number of carbonyl (C=O) groups is 1. The molecule has 0 aliphatic heterocycles. The van der Waals surface area contributed by atoms with Crippen LogP contribution in [0.5, 0.6) is 6.01 Å². The standard InChI is InChI=1S/C15H13FN2O2S/c1-2-3-5-20-15-17-9-13(16)14(18-15)8-12(19)7-11-4-6-21-10-11/h4,6,9-10H,5,7-8H2,1H3. The van der Waals surface area contributed by atoms with Crippen LogP contribution in [0.4, 0.5) is 4.39 Å². The van der Waals surface area contributed by atoms with Gasteiger partial charge in [-0.2, -0.15) is 16.3 Å². The van der Waals surface area contributed by atoms with Crippen LogP contribution in [0.1, 0.15) is 18.2 Å². The van der Waals surface area contributed by atoms with Crippen LogP contribution in [0.15, 0.2) is 23.0 Å². The van der Waals surface area contributed by atoms with Gasteiger partial charge in [0.15, 0.2) is 12.4 Å². The van der Waals surface area contributed by atoms with Crippen molar-refractivity contribution in [2.24, 2.45) is 0 Å². The first kappa shape index (κ1) is 15.1. The molecular weight excluding hydrogens is 291 g/mol. The van der Waals surface area contributed by atoms with Gasteiger partial charge in [-0.1, -0.05) is 5.92 Å². The van der Waals surface area contributed by atoms with Crippen LogP contribution in [0.3, 0.4) is 0 Å². The Morgan fingerprint density at radius 2 is 2.33 bits per heavy atom. The second-order valence-electron chi connectivity index (χ2n) is 4.19. The number of thiophene rings is 1. The van der Waals surface area contributed by atoms with Gasteiger partial charge in [0.1, 0.15) is 5.78 Å². The number of hydrogen-bond donors (Lipinski definition) is 0. The fourth-order valence-corrected chi connectivity index (χ4v) is 2.29. The zero-order valence-corrected chi connectivity index (χ0v) is 12.2. The summed E-state index contributed by atoms with van der Waals surface area (Å²) in [5.41, 5.74) is 0.971. The van der Waals surface area contributed by atoms with E-state index in [4.69, 9.17) is 4.74 Å². The van der Waals surface area contributed by atoms with Crippen LogP contribution in [0, 0.1) is 17.7 Å². The van der Waals surface area contributed by atoms with Gasteiger partial charge in [0.2, 0.25) is 0 Å². The van der Waals surface area contributed by atoms with E-state index >= 15 is 0 Å². The van der Waals surface area contributed by atoms with Gasteiger partial charge in [0, 0.05) is 6.42 Å². The summed E-state index contributed by atoms with van der Waals surface area (Å²) < 4.78 is 18.8. The summed E-state index contributed by atoms with van der Waals surface area (Å²) in [5.74, 6) is 4.64. The van der Waals surface area contributed by atoms with E-state index in [9.17, 15) is 9.18 Å². The highest BCUT2D eigenvalue weighted by Gasteiger charge is 2.13. The molecule has 21 heavy (non-hydrogen) atoms. The van der Waals surface area contributed by atoms with Gasteiger partial charge >= 0.3 is 6.01 Å². The van der Waals surface area contributed by atoms with Crippen molar-refractivity contribution < 1.29 is 13.9 Å². The van der Waals surface area contributed by atoms with Crippen molar-refractivity contribution in [3.8, 4) is 17.9 Å². The van der Waals surface area contributed by atoms with Crippen molar-refractivity contribution in [1.29, 1.82) is 0 Å². The second kappa shape index (κ2) is 7.50. The molecule has 0 bridgehead atoms. The highest BCUT2D eigenvalue weighted by Crippen LogP contribution is 2.12. The van der Waals surface area contributed by atoms with Crippen LogP contribution in [-0.4, -0.2) is 22.4 Å². The lowest BCUT2D eigenvalue weighted by Crippen LogP contribution is -2.11. The van der Waals surface area contributed by atoms with E-state index in [0.717, 1.165) is 11.8 Å². The van der Waals surface area contributed by atoms with Crippen LogP contribution in [-0.2, 0) is 17.6 Å². The molecule has 0 saturated carbocycles. The molecule has 0 aliphatic rings. The van der Waals surface area contributed by atoms with E-state index in [-0.39, 0.29) is 36.9 Å². The molecule has 6 heteroatoms. The zero-order valence-electron chi connectivity index (χ0n) is 11.4. The average Bonchev–Trinajstić information content (AvgIpc) is 2.95. The van der Waals surface area contributed by atoms with E-state index < -0.39 is 5.82 Å². The lowest BCUT2D eigenvalue weighted by molar-refractivity contribution is -0.117. The number of ketones is 1. The molecule has 2 heterocycles. The quantitative estimate of drug-likeness (QED) is 0.769. The summed E-state index contributed by atoms with van der Waals surface area (Å²) in [7, 11) is 0. The third-order valence-corrected chi connectivity index (χ3v) is 3.32. The van der Waals surface area contributed by atoms with Crippen molar-refractivity contribution in [3.63, 3.8) is 0 Å². The summed E-state index contributed by atoms with van der Waals surface area (Å²) in [6.07, 6.45) is 1.19. The largest absolute Gasteiger partial charge is 0.450 e. The normalized spacial score (nSPS) is 9.81. The summed E-state index contributed by atoms with van der Waals surface area (Å²) in [6.45, 7) is 1.81. The van der Waals surface area contributed by atoms with Gasteiger partial charge in [0.05, 0.1) is 18.3 Å². The van der Waals surface area contributed by atoms with Crippen molar-refractivity contribution in [1.82, 2.24) is 9.97 Å². The Morgan fingerprint density at radius 3 is 3.05 bits per heavy atom. The maximum Gasteiger partial charge on any atom is 0.317 e. The third-order valence-electron chi connectivity index (χ3n) is 2.59. The van der Waals surface area contributed by atoms with Gasteiger partial charge in [0.25, 0.3) is 0 Å².